The van der Waals surface area contributed by atoms with Crippen molar-refractivity contribution in [3.05, 3.63) is 71.8 Å². The quantitative estimate of drug-likeness (QED) is 0.316. The molecular weight excluding hydrogens is 376 g/mol. The molecule has 0 saturated carbocycles. The summed E-state index contributed by atoms with van der Waals surface area (Å²) in [5.41, 5.74) is 4.08. The molecule has 1 heterocycles. The van der Waals surface area contributed by atoms with Crippen molar-refractivity contribution in [2.24, 2.45) is 0 Å². The maximum absolute atomic E-state index is 10.5. The molecule has 0 aliphatic rings. The van der Waals surface area contributed by atoms with Crippen LogP contribution in [-0.2, 0) is 12.8 Å². The number of phenolic OH excluding ortho intramolecular Hbond substituents is 1. The molecule has 0 saturated heterocycles. The molecule has 0 bridgehead atoms. The first-order chi connectivity index (χ1) is 14.7. The lowest BCUT2D eigenvalue weighted by atomic mass is 10.0. The van der Waals surface area contributed by atoms with Crippen LogP contribution in [0.25, 0.3) is 21.8 Å². The zero-order valence-electron chi connectivity index (χ0n) is 17.2. The van der Waals surface area contributed by atoms with Gasteiger partial charge in [-0.05, 0) is 48.7 Å². The Labute approximate surface area is 176 Å². The highest BCUT2D eigenvalue weighted by Gasteiger charge is 2.14. The molecule has 0 fully saturated rings. The second-order valence-corrected chi connectivity index (χ2v) is 7.64. The van der Waals surface area contributed by atoms with Gasteiger partial charge in [0.1, 0.15) is 11.5 Å². The Hall–Kier alpha value is -3.02. The second kappa shape index (κ2) is 9.20. The maximum atomic E-state index is 10.5. The van der Waals surface area contributed by atoms with E-state index in [4.69, 9.17) is 4.74 Å². The number of H-pyrrole nitrogens is 1. The van der Waals surface area contributed by atoms with E-state index < -0.39 is 6.10 Å². The van der Waals surface area contributed by atoms with Crippen LogP contribution in [0.4, 0.5) is 0 Å². The van der Waals surface area contributed by atoms with Crippen LogP contribution >= 0.6 is 0 Å². The highest BCUT2D eigenvalue weighted by Crippen LogP contribution is 2.34. The molecule has 0 spiro atoms. The van der Waals surface area contributed by atoms with E-state index in [1.54, 1.807) is 13.2 Å². The maximum Gasteiger partial charge on any atom is 0.125 e. The first-order valence-corrected chi connectivity index (χ1v) is 10.4. The minimum Gasteiger partial charge on any atom is -0.507 e. The monoisotopic (exact) mass is 404 g/mol. The average molecular weight is 405 g/mol. The molecule has 30 heavy (non-hydrogen) atoms. The smallest absolute Gasteiger partial charge is 0.125 e. The Morgan fingerprint density at radius 3 is 2.67 bits per heavy atom. The van der Waals surface area contributed by atoms with Crippen LogP contribution in [-0.4, -0.2) is 41.5 Å². The fraction of sp³-hybridized carbons (Fsp3) is 0.280. The van der Waals surface area contributed by atoms with E-state index >= 15 is 0 Å². The normalized spacial score (nSPS) is 12.5. The summed E-state index contributed by atoms with van der Waals surface area (Å²) >= 11 is 0. The van der Waals surface area contributed by atoms with Gasteiger partial charge >= 0.3 is 0 Å². The molecule has 1 atom stereocenters. The summed E-state index contributed by atoms with van der Waals surface area (Å²) in [5, 5.41) is 26.1. The van der Waals surface area contributed by atoms with Crippen LogP contribution in [0.1, 0.15) is 17.5 Å². The number of hydrogen-bond donors (Lipinski definition) is 4. The SMILES string of the molecule is COc1ccccc1CCCNCC(O)Cc1ccc(O)c2c1[nH]c1ccccc12. The van der Waals surface area contributed by atoms with Crippen LogP contribution in [0.3, 0.4) is 0 Å². The number of aromatic nitrogens is 1. The lowest BCUT2D eigenvalue weighted by molar-refractivity contribution is 0.172. The molecule has 0 aliphatic heterocycles. The third-order valence-corrected chi connectivity index (χ3v) is 5.55. The number of hydrogen-bond acceptors (Lipinski definition) is 4. The van der Waals surface area contributed by atoms with E-state index in [0.29, 0.717) is 13.0 Å². The van der Waals surface area contributed by atoms with E-state index in [9.17, 15) is 10.2 Å². The predicted molar refractivity (Wildman–Crippen MR) is 121 cm³/mol. The number of methoxy groups -OCH3 is 1. The first kappa shape index (κ1) is 20.3. The molecule has 4 aromatic rings. The number of ether oxygens (including phenoxy) is 1. The van der Waals surface area contributed by atoms with Gasteiger partial charge in [0.25, 0.3) is 0 Å². The summed E-state index contributed by atoms with van der Waals surface area (Å²) in [6.07, 6.45) is 1.91. The highest BCUT2D eigenvalue weighted by molar-refractivity contribution is 6.11. The van der Waals surface area contributed by atoms with Gasteiger partial charge in [-0.3, -0.25) is 0 Å². The molecule has 4 rings (SSSR count). The Morgan fingerprint density at radius 1 is 1.00 bits per heavy atom. The number of rotatable bonds is 9. The molecular formula is C25H28N2O3. The zero-order chi connectivity index (χ0) is 20.9. The minimum absolute atomic E-state index is 0.259. The van der Waals surface area contributed by atoms with Gasteiger partial charge in [0, 0.05) is 29.3 Å². The van der Waals surface area contributed by atoms with E-state index in [1.165, 1.54) is 5.56 Å². The number of fused-ring (bicyclic) bond motifs is 3. The first-order valence-electron chi connectivity index (χ1n) is 10.4. The zero-order valence-corrected chi connectivity index (χ0v) is 17.2. The Kier molecular flexibility index (Phi) is 6.21. The van der Waals surface area contributed by atoms with E-state index in [1.807, 2.05) is 48.5 Å². The van der Waals surface area contributed by atoms with Crippen LogP contribution in [0.2, 0.25) is 0 Å². The molecule has 5 heteroatoms. The number of aromatic hydroxyl groups is 1. The molecule has 0 amide bonds. The fourth-order valence-corrected chi connectivity index (χ4v) is 4.07. The summed E-state index contributed by atoms with van der Waals surface area (Å²) in [4.78, 5) is 3.39. The lowest BCUT2D eigenvalue weighted by Gasteiger charge is -2.13. The number of aliphatic hydroxyl groups is 1. The predicted octanol–water partition coefficient (Wildman–Crippen LogP) is 4.16. The van der Waals surface area contributed by atoms with Crippen molar-refractivity contribution in [3.63, 3.8) is 0 Å². The van der Waals surface area contributed by atoms with Gasteiger partial charge in [-0.2, -0.15) is 0 Å². The second-order valence-electron chi connectivity index (χ2n) is 7.64. The minimum atomic E-state index is -0.504. The largest absolute Gasteiger partial charge is 0.507 e. The summed E-state index contributed by atoms with van der Waals surface area (Å²) in [7, 11) is 1.70. The summed E-state index contributed by atoms with van der Waals surface area (Å²) < 4.78 is 5.39. The summed E-state index contributed by atoms with van der Waals surface area (Å²) in [5.74, 6) is 1.18. The number of para-hydroxylation sites is 2. The van der Waals surface area contributed by atoms with Gasteiger partial charge in [-0.15, -0.1) is 0 Å². The van der Waals surface area contributed by atoms with Crippen molar-refractivity contribution in [3.8, 4) is 11.5 Å². The van der Waals surface area contributed by atoms with Crippen molar-refractivity contribution < 1.29 is 14.9 Å². The molecule has 1 unspecified atom stereocenters. The highest BCUT2D eigenvalue weighted by atomic mass is 16.5. The number of aryl methyl sites for hydroxylation is 1. The molecule has 0 aliphatic carbocycles. The van der Waals surface area contributed by atoms with E-state index in [2.05, 4.69) is 16.4 Å². The fourth-order valence-electron chi connectivity index (χ4n) is 4.07. The van der Waals surface area contributed by atoms with Crippen molar-refractivity contribution in [1.82, 2.24) is 10.3 Å². The topological polar surface area (TPSA) is 77.5 Å². The Bertz CT molecular complexity index is 1140. The third-order valence-electron chi connectivity index (χ3n) is 5.55. The molecule has 5 nitrogen and oxygen atoms in total. The Balaban J connectivity index is 1.34. The molecule has 1 aromatic heterocycles. The summed E-state index contributed by atoms with van der Waals surface area (Å²) in [6, 6.07) is 19.6. The van der Waals surface area contributed by atoms with Gasteiger partial charge < -0.3 is 25.3 Å². The van der Waals surface area contributed by atoms with Gasteiger partial charge in [-0.1, -0.05) is 42.5 Å². The number of phenols is 1. The third kappa shape index (κ3) is 4.27. The van der Waals surface area contributed by atoms with Crippen molar-refractivity contribution in [1.29, 1.82) is 0 Å². The number of benzene rings is 3. The van der Waals surface area contributed by atoms with Crippen LogP contribution in [0.5, 0.6) is 11.5 Å². The molecule has 0 radical (unpaired) electrons. The van der Waals surface area contributed by atoms with Crippen molar-refractivity contribution in [2.45, 2.75) is 25.4 Å². The Morgan fingerprint density at radius 2 is 1.80 bits per heavy atom. The standard InChI is InChI=1S/C25H28N2O3/c1-30-23-11-5-2-7-17(23)8-6-14-26-16-19(28)15-18-12-13-22(29)24-20-9-3-4-10-21(20)27-25(18)24/h2-5,7,9-13,19,26-29H,6,8,14-16H2,1H3. The van der Waals surface area contributed by atoms with E-state index in [-0.39, 0.29) is 5.75 Å². The number of nitrogens with one attached hydrogen (secondary N) is 2. The van der Waals surface area contributed by atoms with E-state index in [0.717, 1.165) is 52.5 Å². The van der Waals surface area contributed by atoms with Crippen LogP contribution in [0, 0.1) is 0 Å². The van der Waals surface area contributed by atoms with Gasteiger partial charge in [0.2, 0.25) is 0 Å². The van der Waals surface area contributed by atoms with Crippen LogP contribution < -0.4 is 10.1 Å². The van der Waals surface area contributed by atoms with Gasteiger partial charge in [-0.25, -0.2) is 0 Å². The number of aromatic amines is 1. The molecule has 156 valence electrons. The van der Waals surface area contributed by atoms with Gasteiger partial charge in [0.05, 0.1) is 18.7 Å². The van der Waals surface area contributed by atoms with Crippen molar-refractivity contribution in [2.75, 3.05) is 20.2 Å². The number of aliphatic hydroxyl groups excluding tert-OH is 1. The lowest BCUT2D eigenvalue weighted by Crippen LogP contribution is -2.29. The van der Waals surface area contributed by atoms with Crippen molar-refractivity contribution >= 4 is 21.8 Å². The molecule has 4 N–H and O–H groups in total. The molecule has 3 aromatic carbocycles. The van der Waals surface area contributed by atoms with Gasteiger partial charge in [0.15, 0.2) is 0 Å². The van der Waals surface area contributed by atoms with Crippen LogP contribution in [0.15, 0.2) is 60.7 Å². The average Bonchev–Trinajstić information content (AvgIpc) is 3.16. The summed E-state index contributed by atoms with van der Waals surface area (Å²) in [6.45, 7) is 1.35.